The summed E-state index contributed by atoms with van der Waals surface area (Å²) in [4.78, 5) is 10.7. The largest absolute Gasteiger partial charge is 0.478 e. The van der Waals surface area contributed by atoms with E-state index in [1.165, 1.54) is 0 Å². The standard InChI is InChI=1S/C14H12ClNO2/c15-12-7-5-10(6-8-12)13(16)9-1-3-11(4-2-9)14(17)18/h1-8,13H,16H2,(H,17,18). The molecule has 0 amide bonds. The van der Waals surface area contributed by atoms with Gasteiger partial charge in [-0.05, 0) is 35.4 Å². The van der Waals surface area contributed by atoms with Gasteiger partial charge in [-0.3, -0.25) is 0 Å². The number of carboxylic acids is 1. The molecule has 1 unspecified atom stereocenters. The first-order valence-electron chi connectivity index (χ1n) is 5.42. The Morgan fingerprint density at radius 1 is 1.00 bits per heavy atom. The molecule has 2 rings (SSSR count). The Morgan fingerprint density at radius 3 is 1.89 bits per heavy atom. The van der Waals surface area contributed by atoms with E-state index in [0.717, 1.165) is 11.1 Å². The lowest BCUT2D eigenvalue weighted by Gasteiger charge is -2.12. The fraction of sp³-hybridized carbons (Fsp3) is 0.0714. The molecule has 2 aromatic rings. The van der Waals surface area contributed by atoms with Gasteiger partial charge < -0.3 is 10.8 Å². The van der Waals surface area contributed by atoms with Crippen molar-refractivity contribution >= 4 is 17.6 Å². The van der Waals surface area contributed by atoms with Crippen molar-refractivity contribution in [1.82, 2.24) is 0 Å². The summed E-state index contributed by atoms with van der Waals surface area (Å²) in [7, 11) is 0. The number of hydrogen-bond acceptors (Lipinski definition) is 2. The first kappa shape index (κ1) is 12.6. The second-order valence-corrected chi connectivity index (χ2v) is 4.39. The van der Waals surface area contributed by atoms with E-state index in [2.05, 4.69) is 0 Å². The van der Waals surface area contributed by atoms with Gasteiger partial charge in [-0.25, -0.2) is 4.79 Å². The van der Waals surface area contributed by atoms with Crippen LogP contribution in [0.3, 0.4) is 0 Å². The van der Waals surface area contributed by atoms with Crippen LogP contribution < -0.4 is 5.73 Å². The van der Waals surface area contributed by atoms with Gasteiger partial charge in [0.05, 0.1) is 11.6 Å². The monoisotopic (exact) mass is 261 g/mol. The molecule has 0 saturated carbocycles. The normalized spacial score (nSPS) is 12.1. The Balaban J connectivity index is 2.25. The Morgan fingerprint density at radius 2 is 1.44 bits per heavy atom. The van der Waals surface area contributed by atoms with E-state index in [4.69, 9.17) is 22.4 Å². The Kier molecular flexibility index (Phi) is 3.65. The van der Waals surface area contributed by atoms with Crippen LogP contribution in [0, 0.1) is 0 Å². The molecule has 0 fully saturated rings. The van der Waals surface area contributed by atoms with Gasteiger partial charge in [0.25, 0.3) is 0 Å². The summed E-state index contributed by atoms with van der Waals surface area (Å²) >= 11 is 5.81. The van der Waals surface area contributed by atoms with Crippen molar-refractivity contribution in [3.05, 3.63) is 70.2 Å². The van der Waals surface area contributed by atoms with Crippen LogP contribution in [0.2, 0.25) is 5.02 Å². The molecule has 1 atom stereocenters. The molecular formula is C14H12ClNO2. The van der Waals surface area contributed by atoms with Crippen LogP contribution >= 0.6 is 11.6 Å². The van der Waals surface area contributed by atoms with Gasteiger partial charge in [0.15, 0.2) is 0 Å². The number of nitrogens with two attached hydrogens (primary N) is 1. The second-order valence-electron chi connectivity index (χ2n) is 3.96. The average molecular weight is 262 g/mol. The summed E-state index contributed by atoms with van der Waals surface area (Å²) in [5.74, 6) is -0.943. The number of carbonyl (C=O) groups is 1. The summed E-state index contributed by atoms with van der Waals surface area (Å²) in [6.07, 6.45) is 0. The van der Waals surface area contributed by atoms with Gasteiger partial charge in [-0.15, -0.1) is 0 Å². The molecule has 3 nitrogen and oxygen atoms in total. The predicted octanol–water partition coefficient (Wildman–Crippen LogP) is 3.09. The van der Waals surface area contributed by atoms with Crippen LogP contribution in [0.25, 0.3) is 0 Å². The van der Waals surface area contributed by atoms with Crippen LogP contribution in [0.15, 0.2) is 48.5 Å². The number of benzene rings is 2. The molecule has 0 radical (unpaired) electrons. The first-order valence-corrected chi connectivity index (χ1v) is 5.80. The predicted molar refractivity (Wildman–Crippen MR) is 70.9 cm³/mol. The van der Waals surface area contributed by atoms with E-state index < -0.39 is 5.97 Å². The van der Waals surface area contributed by atoms with Gasteiger partial charge in [-0.2, -0.15) is 0 Å². The van der Waals surface area contributed by atoms with Gasteiger partial charge in [-0.1, -0.05) is 35.9 Å². The van der Waals surface area contributed by atoms with Crippen molar-refractivity contribution in [1.29, 1.82) is 0 Å². The molecule has 0 heterocycles. The summed E-state index contributed by atoms with van der Waals surface area (Å²) in [5.41, 5.74) is 8.15. The van der Waals surface area contributed by atoms with E-state index in [1.54, 1.807) is 36.4 Å². The quantitative estimate of drug-likeness (QED) is 0.892. The molecule has 2 aromatic carbocycles. The maximum absolute atomic E-state index is 10.7. The molecular weight excluding hydrogens is 250 g/mol. The highest BCUT2D eigenvalue weighted by molar-refractivity contribution is 6.30. The van der Waals surface area contributed by atoms with Crippen molar-refractivity contribution in [2.75, 3.05) is 0 Å². The smallest absolute Gasteiger partial charge is 0.335 e. The minimum absolute atomic E-state index is 0.252. The van der Waals surface area contributed by atoms with Crippen molar-refractivity contribution < 1.29 is 9.90 Å². The average Bonchev–Trinajstić information content (AvgIpc) is 2.39. The third-order valence-corrected chi connectivity index (χ3v) is 3.00. The third-order valence-electron chi connectivity index (χ3n) is 2.75. The summed E-state index contributed by atoms with van der Waals surface area (Å²) in [6, 6.07) is 13.5. The summed E-state index contributed by atoms with van der Waals surface area (Å²) < 4.78 is 0. The zero-order chi connectivity index (χ0) is 13.1. The number of rotatable bonds is 3. The molecule has 0 aromatic heterocycles. The minimum atomic E-state index is -0.943. The highest BCUT2D eigenvalue weighted by Crippen LogP contribution is 2.21. The van der Waals surface area contributed by atoms with Crippen molar-refractivity contribution in [2.24, 2.45) is 5.73 Å². The fourth-order valence-corrected chi connectivity index (χ4v) is 1.82. The molecule has 92 valence electrons. The second kappa shape index (κ2) is 5.21. The van der Waals surface area contributed by atoms with Crippen LogP contribution in [0.1, 0.15) is 27.5 Å². The zero-order valence-electron chi connectivity index (χ0n) is 9.51. The van der Waals surface area contributed by atoms with E-state index in [1.807, 2.05) is 12.1 Å². The van der Waals surface area contributed by atoms with Crippen molar-refractivity contribution in [3.63, 3.8) is 0 Å². The third kappa shape index (κ3) is 2.70. The topological polar surface area (TPSA) is 63.3 Å². The number of halogens is 1. The van der Waals surface area contributed by atoms with Crippen LogP contribution in [-0.2, 0) is 0 Å². The number of carboxylic acid groups (broad SMARTS) is 1. The summed E-state index contributed by atoms with van der Waals surface area (Å²) in [5, 5.41) is 9.48. The SMILES string of the molecule is NC(c1ccc(Cl)cc1)c1ccc(C(=O)O)cc1. The number of hydrogen-bond donors (Lipinski definition) is 2. The molecule has 0 aliphatic carbocycles. The molecule has 18 heavy (non-hydrogen) atoms. The van der Waals surface area contributed by atoms with Crippen molar-refractivity contribution in [2.45, 2.75) is 6.04 Å². The molecule has 0 bridgehead atoms. The fourth-order valence-electron chi connectivity index (χ4n) is 1.70. The molecule has 0 aliphatic heterocycles. The lowest BCUT2D eigenvalue weighted by Crippen LogP contribution is -2.11. The molecule has 4 heteroatoms. The van der Waals surface area contributed by atoms with Gasteiger partial charge in [0.2, 0.25) is 0 Å². The van der Waals surface area contributed by atoms with Crippen molar-refractivity contribution in [3.8, 4) is 0 Å². The summed E-state index contributed by atoms with van der Waals surface area (Å²) in [6.45, 7) is 0. The van der Waals surface area contributed by atoms with Crippen LogP contribution in [-0.4, -0.2) is 11.1 Å². The van der Waals surface area contributed by atoms with E-state index in [-0.39, 0.29) is 11.6 Å². The minimum Gasteiger partial charge on any atom is -0.478 e. The lowest BCUT2D eigenvalue weighted by molar-refractivity contribution is 0.0697. The van der Waals surface area contributed by atoms with E-state index >= 15 is 0 Å². The Bertz CT molecular complexity index is 549. The van der Waals surface area contributed by atoms with Crippen LogP contribution in [0.5, 0.6) is 0 Å². The maximum atomic E-state index is 10.7. The van der Waals surface area contributed by atoms with Gasteiger partial charge >= 0.3 is 5.97 Å². The molecule has 3 N–H and O–H groups in total. The van der Waals surface area contributed by atoms with Crippen LogP contribution in [0.4, 0.5) is 0 Å². The highest BCUT2D eigenvalue weighted by atomic mass is 35.5. The number of aromatic carboxylic acids is 1. The van der Waals surface area contributed by atoms with E-state index in [0.29, 0.717) is 5.02 Å². The lowest BCUT2D eigenvalue weighted by atomic mass is 9.99. The molecule has 0 spiro atoms. The molecule has 0 aliphatic rings. The first-order chi connectivity index (χ1) is 8.58. The van der Waals surface area contributed by atoms with E-state index in [9.17, 15) is 4.79 Å². The maximum Gasteiger partial charge on any atom is 0.335 e. The molecule has 0 saturated heterocycles. The van der Waals surface area contributed by atoms with Gasteiger partial charge in [0.1, 0.15) is 0 Å². The zero-order valence-corrected chi connectivity index (χ0v) is 10.3. The Labute approximate surface area is 110 Å². The highest BCUT2D eigenvalue weighted by Gasteiger charge is 2.09. The Hall–Kier alpha value is -1.84. The van der Waals surface area contributed by atoms with Gasteiger partial charge in [0, 0.05) is 5.02 Å².